The molecule has 0 aliphatic carbocycles. The van der Waals surface area contributed by atoms with Gasteiger partial charge in [-0.1, -0.05) is 11.6 Å². The second kappa shape index (κ2) is 6.15. The fraction of sp³-hybridized carbons (Fsp3) is 0.154. The molecule has 98 valence electrons. The van der Waals surface area contributed by atoms with Gasteiger partial charge in [-0.05, 0) is 18.2 Å². The zero-order valence-corrected chi connectivity index (χ0v) is 11.0. The van der Waals surface area contributed by atoms with Crippen molar-refractivity contribution in [2.24, 2.45) is 0 Å². The summed E-state index contributed by atoms with van der Waals surface area (Å²) in [5, 5.41) is 3.52. The molecule has 0 radical (unpaired) electrons. The van der Waals surface area contributed by atoms with Crippen LogP contribution >= 0.6 is 11.6 Å². The number of hydrogen-bond donors (Lipinski definition) is 1. The molecule has 0 aliphatic heterocycles. The second-order valence-corrected chi connectivity index (χ2v) is 4.19. The molecule has 19 heavy (non-hydrogen) atoms. The summed E-state index contributed by atoms with van der Waals surface area (Å²) in [6, 6.07) is 5.09. The Labute approximate surface area is 115 Å². The van der Waals surface area contributed by atoms with Gasteiger partial charge in [-0.3, -0.25) is 0 Å². The summed E-state index contributed by atoms with van der Waals surface area (Å²) < 4.78 is 4.66. The molecule has 0 saturated heterocycles. The van der Waals surface area contributed by atoms with Crippen LogP contribution in [0.2, 0.25) is 5.02 Å². The minimum absolute atomic E-state index is 0.332. The minimum Gasteiger partial charge on any atom is -0.465 e. The van der Waals surface area contributed by atoms with Crippen LogP contribution in [-0.2, 0) is 11.3 Å². The first-order valence-electron chi connectivity index (χ1n) is 5.56. The zero-order chi connectivity index (χ0) is 13.7. The third-order valence-corrected chi connectivity index (χ3v) is 2.81. The maximum Gasteiger partial charge on any atom is 0.339 e. The van der Waals surface area contributed by atoms with E-state index in [0.717, 1.165) is 11.3 Å². The van der Waals surface area contributed by atoms with E-state index in [1.807, 2.05) is 0 Å². The first kappa shape index (κ1) is 13.3. The fourth-order valence-electron chi connectivity index (χ4n) is 1.53. The number of rotatable bonds is 4. The molecule has 2 aromatic rings. The van der Waals surface area contributed by atoms with Gasteiger partial charge in [0.25, 0.3) is 0 Å². The highest BCUT2D eigenvalue weighted by atomic mass is 35.5. The smallest absolute Gasteiger partial charge is 0.339 e. The van der Waals surface area contributed by atoms with Crippen LogP contribution in [0.25, 0.3) is 0 Å². The van der Waals surface area contributed by atoms with Gasteiger partial charge >= 0.3 is 5.97 Å². The van der Waals surface area contributed by atoms with Crippen molar-refractivity contribution in [1.82, 2.24) is 9.97 Å². The lowest BCUT2D eigenvalue weighted by molar-refractivity contribution is 0.0601. The van der Waals surface area contributed by atoms with E-state index in [1.165, 1.54) is 13.4 Å². The number of carbonyl (C=O) groups excluding carboxylic acids is 1. The summed E-state index contributed by atoms with van der Waals surface area (Å²) in [5.41, 5.74) is 2.05. The van der Waals surface area contributed by atoms with E-state index in [-0.39, 0.29) is 0 Å². The first-order valence-corrected chi connectivity index (χ1v) is 5.94. The minimum atomic E-state index is -0.461. The molecule has 1 aromatic heterocycles. The van der Waals surface area contributed by atoms with Crippen molar-refractivity contribution in [2.75, 3.05) is 12.4 Å². The number of esters is 1. The van der Waals surface area contributed by atoms with Crippen molar-refractivity contribution in [2.45, 2.75) is 6.54 Å². The Morgan fingerprint density at radius 1 is 1.37 bits per heavy atom. The highest BCUT2D eigenvalue weighted by molar-refractivity contribution is 6.33. The summed E-state index contributed by atoms with van der Waals surface area (Å²) in [4.78, 5) is 19.4. The number of halogens is 1. The van der Waals surface area contributed by atoms with Crippen LogP contribution in [0.4, 0.5) is 5.69 Å². The van der Waals surface area contributed by atoms with Crippen LogP contribution in [0.5, 0.6) is 0 Å². The van der Waals surface area contributed by atoms with Gasteiger partial charge in [0, 0.05) is 30.2 Å². The van der Waals surface area contributed by atoms with Gasteiger partial charge in [-0.25, -0.2) is 14.8 Å². The molecule has 0 spiro atoms. The van der Waals surface area contributed by atoms with Crippen LogP contribution in [0, 0.1) is 0 Å². The van der Waals surface area contributed by atoms with Gasteiger partial charge in [-0.15, -0.1) is 0 Å². The molecule has 5 nitrogen and oxygen atoms in total. The number of nitrogens with one attached hydrogen (secondary N) is 1. The molecule has 0 fully saturated rings. The van der Waals surface area contributed by atoms with E-state index in [9.17, 15) is 4.79 Å². The molecule has 0 saturated carbocycles. The monoisotopic (exact) mass is 277 g/mol. The van der Waals surface area contributed by atoms with Gasteiger partial charge in [0.05, 0.1) is 17.7 Å². The molecule has 2 rings (SSSR count). The van der Waals surface area contributed by atoms with Crippen LogP contribution in [-0.4, -0.2) is 23.0 Å². The quantitative estimate of drug-likeness (QED) is 0.870. The lowest BCUT2D eigenvalue weighted by atomic mass is 10.2. The second-order valence-electron chi connectivity index (χ2n) is 3.79. The predicted molar refractivity (Wildman–Crippen MR) is 72.2 cm³/mol. The van der Waals surface area contributed by atoms with Gasteiger partial charge < -0.3 is 10.1 Å². The number of hydrogen-bond acceptors (Lipinski definition) is 5. The molecule has 1 N–H and O–H groups in total. The molecule has 1 aromatic carbocycles. The Morgan fingerprint density at radius 2 is 2.11 bits per heavy atom. The fourth-order valence-corrected chi connectivity index (χ4v) is 1.72. The average Bonchev–Trinajstić information content (AvgIpc) is 2.46. The normalized spacial score (nSPS) is 10.0. The van der Waals surface area contributed by atoms with Crippen molar-refractivity contribution in [1.29, 1.82) is 0 Å². The molecule has 1 heterocycles. The number of nitrogens with zero attached hydrogens (tertiary/aromatic N) is 2. The van der Waals surface area contributed by atoms with Crippen LogP contribution in [0.15, 0.2) is 36.9 Å². The Balaban J connectivity index is 2.11. The summed E-state index contributed by atoms with van der Waals surface area (Å²) in [5.74, 6) is -0.461. The first-order chi connectivity index (χ1) is 9.20. The van der Waals surface area contributed by atoms with Crippen LogP contribution < -0.4 is 5.32 Å². The molecule has 0 amide bonds. The summed E-state index contributed by atoms with van der Waals surface area (Å²) in [6.45, 7) is 0.559. The third kappa shape index (κ3) is 3.42. The predicted octanol–water partition coefficient (Wildman–Crippen LogP) is 2.53. The van der Waals surface area contributed by atoms with E-state index in [1.54, 1.807) is 30.6 Å². The molecular formula is C13H12ClN3O2. The lowest BCUT2D eigenvalue weighted by Crippen LogP contribution is -2.05. The molecule has 6 heteroatoms. The molecule has 0 unspecified atom stereocenters. The number of ether oxygens (including phenoxy) is 1. The van der Waals surface area contributed by atoms with E-state index in [2.05, 4.69) is 20.0 Å². The van der Waals surface area contributed by atoms with Gasteiger partial charge in [0.1, 0.15) is 6.33 Å². The summed E-state index contributed by atoms with van der Waals surface area (Å²) in [7, 11) is 1.32. The third-order valence-electron chi connectivity index (χ3n) is 2.48. The number of anilines is 1. The highest BCUT2D eigenvalue weighted by Crippen LogP contribution is 2.21. The largest absolute Gasteiger partial charge is 0.465 e. The standard InChI is InChI=1S/C13H12ClN3O2/c1-19-13(18)11-4-10(2-3-12(11)14)17-7-9-5-15-8-16-6-9/h2-6,8,17H,7H2,1H3. The molecule has 0 bridgehead atoms. The molecular weight excluding hydrogens is 266 g/mol. The zero-order valence-electron chi connectivity index (χ0n) is 10.3. The van der Waals surface area contributed by atoms with Crippen molar-refractivity contribution < 1.29 is 9.53 Å². The van der Waals surface area contributed by atoms with Gasteiger partial charge in [0.15, 0.2) is 0 Å². The maximum atomic E-state index is 11.5. The Bertz CT molecular complexity index is 575. The lowest BCUT2D eigenvalue weighted by Gasteiger charge is -2.08. The molecule has 0 atom stereocenters. The van der Waals surface area contributed by atoms with Crippen LogP contribution in [0.1, 0.15) is 15.9 Å². The van der Waals surface area contributed by atoms with Gasteiger partial charge in [-0.2, -0.15) is 0 Å². The topological polar surface area (TPSA) is 64.1 Å². The van der Waals surface area contributed by atoms with Crippen molar-refractivity contribution in [3.63, 3.8) is 0 Å². The maximum absolute atomic E-state index is 11.5. The highest BCUT2D eigenvalue weighted by Gasteiger charge is 2.11. The van der Waals surface area contributed by atoms with Crippen molar-refractivity contribution in [3.8, 4) is 0 Å². The van der Waals surface area contributed by atoms with Gasteiger partial charge in [0.2, 0.25) is 0 Å². The number of carbonyl (C=O) groups is 1. The van der Waals surface area contributed by atoms with E-state index in [0.29, 0.717) is 17.1 Å². The van der Waals surface area contributed by atoms with Crippen molar-refractivity contribution in [3.05, 3.63) is 53.1 Å². The van der Waals surface area contributed by atoms with Crippen molar-refractivity contribution >= 4 is 23.3 Å². The Morgan fingerprint density at radius 3 is 2.79 bits per heavy atom. The number of methoxy groups -OCH3 is 1. The summed E-state index contributed by atoms with van der Waals surface area (Å²) in [6.07, 6.45) is 4.91. The average molecular weight is 278 g/mol. The Hall–Kier alpha value is -2.14. The SMILES string of the molecule is COC(=O)c1cc(NCc2cncnc2)ccc1Cl. The molecule has 0 aliphatic rings. The van der Waals surface area contributed by atoms with E-state index >= 15 is 0 Å². The number of aromatic nitrogens is 2. The van der Waals surface area contributed by atoms with E-state index < -0.39 is 5.97 Å². The Kier molecular flexibility index (Phi) is 4.30. The number of benzene rings is 1. The summed E-state index contributed by atoms with van der Waals surface area (Å²) >= 11 is 5.94. The van der Waals surface area contributed by atoms with Crippen LogP contribution in [0.3, 0.4) is 0 Å². The van der Waals surface area contributed by atoms with E-state index in [4.69, 9.17) is 11.6 Å².